The summed E-state index contributed by atoms with van der Waals surface area (Å²) in [5.74, 6) is -6.74. The number of carbonyl (C=O) groups excluding carboxylic acids is 3. The smallest absolute Gasteiger partial charge is 0.255 e. The van der Waals surface area contributed by atoms with Gasteiger partial charge in [0.1, 0.15) is 22.8 Å². The summed E-state index contributed by atoms with van der Waals surface area (Å²) in [5.41, 5.74) is 4.20. The standard InChI is InChI=1S/C29H33N5O7/c1-33(2)18-10-14(11-32-15-6-5-7-31-12-15)23(35)20-16(18)8-13-9-17-22(34(3)4)25(37)21(28(30)40)27(39)29(17,41)26(38)19(13)24(20)36/h5-7,10,12-13,17,22,32,35-36,39,41H,8-9,11H2,1-4H3,(H2,30,40)/t13-,17-,22+,29-/m0/s1. The number of hydrogen-bond donors (Lipinski definition) is 6. The molecule has 0 aliphatic heterocycles. The SMILES string of the molecule is CN(C)c1cc(CNc2cccnc2)c(O)c2c1C[C@H]1C[C@H]3[C@@H](N(C)C)C(=O)C(C(N)=O)=C(O)[C@@]3(O)C(=O)C1=C2O. The third kappa shape index (κ3) is 4.13. The van der Waals surface area contributed by atoms with Crippen LogP contribution in [0.2, 0.25) is 0 Å². The van der Waals surface area contributed by atoms with Crippen molar-refractivity contribution < 1.29 is 34.8 Å². The topological polar surface area (TPSA) is 190 Å². The van der Waals surface area contributed by atoms with E-state index in [1.54, 1.807) is 38.6 Å². The van der Waals surface area contributed by atoms with Gasteiger partial charge < -0.3 is 36.4 Å². The molecule has 7 N–H and O–H groups in total. The van der Waals surface area contributed by atoms with Crippen LogP contribution in [0.25, 0.3) is 5.76 Å². The number of likely N-dealkylation sites (N-methyl/N-ethyl adjacent to an activating group) is 1. The third-order valence-electron chi connectivity index (χ3n) is 8.40. The number of Topliss-reactive ketones (excluding diaryl/α,β-unsaturated/α-hetero) is 2. The number of pyridine rings is 1. The molecule has 1 saturated carbocycles. The Balaban J connectivity index is 1.68. The Morgan fingerprint density at radius 1 is 1.20 bits per heavy atom. The molecule has 41 heavy (non-hydrogen) atoms. The van der Waals surface area contributed by atoms with Crippen LogP contribution in [0.4, 0.5) is 11.4 Å². The second kappa shape index (κ2) is 9.89. The molecule has 0 bridgehead atoms. The molecule has 0 unspecified atom stereocenters. The maximum absolute atomic E-state index is 14.1. The fourth-order valence-corrected chi connectivity index (χ4v) is 6.54. The van der Waals surface area contributed by atoms with E-state index < -0.39 is 58.0 Å². The maximum atomic E-state index is 14.1. The summed E-state index contributed by atoms with van der Waals surface area (Å²) in [6.07, 6.45) is 3.50. The van der Waals surface area contributed by atoms with Gasteiger partial charge in [-0.05, 0) is 56.6 Å². The zero-order chi connectivity index (χ0) is 30.0. The first-order valence-corrected chi connectivity index (χ1v) is 13.1. The van der Waals surface area contributed by atoms with Gasteiger partial charge in [0.25, 0.3) is 5.91 Å². The van der Waals surface area contributed by atoms with E-state index in [4.69, 9.17) is 5.73 Å². The lowest BCUT2D eigenvalue weighted by molar-refractivity contribution is -0.153. The molecule has 1 aromatic heterocycles. The van der Waals surface area contributed by atoms with Crippen molar-refractivity contribution in [2.24, 2.45) is 17.6 Å². The lowest BCUT2D eigenvalue weighted by Crippen LogP contribution is -2.65. The van der Waals surface area contributed by atoms with Gasteiger partial charge in [0.2, 0.25) is 5.78 Å². The van der Waals surface area contributed by atoms with Crippen LogP contribution in [0.5, 0.6) is 5.75 Å². The number of nitrogens with one attached hydrogen (secondary N) is 1. The molecule has 1 fully saturated rings. The third-order valence-corrected chi connectivity index (χ3v) is 8.40. The molecule has 12 nitrogen and oxygen atoms in total. The number of nitrogens with zero attached hydrogens (tertiary/aromatic N) is 3. The molecule has 2 aromatic rings. The molecule has 0 saturated heterocycles. The number of aliphatic hydroxyl groups excluding tert-OH is 2. The van der Waals surface area contributed by atoms with Gasteiger partial charge in [-0.25, -0.2) is 0 Å². The highest BCUT2D eigenvalue weighted by Gasteiger charge is 2.64. The summed E-state index contributed by atoms with van der Waals surface area (Å²) >= 11 is 0. The Morgan fingerprint density at radius 3 is 2.49 bits per heavy atom. The van der Waals surface area contributed by atoms with Gasteiger partial charge in [-0.1, -0.05) is 0 Å². The van der Waals surface area contributed by atoms with Crippen LogP contribution in [-0.2, 0) is 27.3 Å². The molecule has 216 valence electrons. The molecule has 0 spiro atoms. The molecule has 3 aliphatic rings. The van der Waals surface area contributed by atoms with Crippen molar-refractivity contribution in [1.82, 2.24) is 9.88 Å². The largest absolute Gasteiger partial charge is 0.508 e. The van der Waals surface area contributed by atoms with Crippen molar-refractivity contribution in [1.29, 1.82) is 0 Å². The van der Waals surface area contributed by atoms with E-state index in [1.807, 2.05) is 25.1 Å². The summed E-state index contributed by atoms with van der Waals surface area (Å²) in [4.78, 5) is 46.8. The molecule has 1 heterocycles. The number of anilines is 2. The molecular formula is C29H33N5O7. The fraction of sp³-hybridized carbons (Fsp3) is 0.379. The summed E-state index contributed by atoms with van der Waals surface area (Å²) in [5, 5.41) is 48.9. The van der Waals surface area contributed by atoms with Crippen molar-refractivity contribution in [2.75, 3.05) is 38.4 Å². The minimum absolute atomic E-state index is 0.0315. The monoisotopic (exact) mass is 563 g/mol. The van der Waals surface area contributed by atoms with Crippen molar-refractivity contribution in [2.45, 2.75) is 31.0 Å². The molecule has 0 radical (unpaired) electrons. The van der Waals surface area contributed by atoms with Crippen LogP contribution in [0.15, 0.2) is 47.5 Å². The second-order valence-electron chi connectivity index (χ2n) is 11.2. The van der Waals surface area contributed by atoms with Gasteiger partial charge in [0.15, 0.2) is 11.4 Å². The van der Waals surface area contributed by atoms with E-state index in [1.165, 1.54) is 4.90 Å². The zero-order valence-electron chi connectivity index (χ0n) is 23.2. The number of phenols is 1. The quantitative estimate of drug-likeness (QED) is 0.275. The van der Waals surface area contributed by atoms with Crippen molar-refractivity contribution >= 4 is 34.6 Å². The van der Waals surface area contributed by atoms with Crippen LogP contribution in [0.3, 0.4) is 0 Å². The lowest BCUT2D eigenvalue weighted by atomic mass is 9.57. The minimum Gasteiger partial charge on any atom is -0.508 e. The van der Waals surface area contributed by atoms with Crippen LogP contribution >= 0.6 is 0 Å². The van der Waals surface area contributed by atoms with E-state index in [9.17, 15) is 34.8 Å². The average molecular weight is 564 g/mol. The molecule has 5 rings (SSSR count). The molecule has 3 aliphatic carbocycles. The lowest BCUT2D eigenvalue weighted by Gasteiger charge is -2.50. The van der Waals surface area contributed by atoms with E-state index in [0.717, 1.165) is 0 Å². The Kier molecular flexibility index (Phi) is 6.79. The number of phenolic OH excluding ortho intramolecular Hbond substituents is 1. The molecular weight excluding hydrogens is 530 g/mol. The van der Waals surface area contributed by atoms with E-state index in [-0.39, 0.29) is 36.3 Å². The Bertz CT molecular complexity index is 1530. The number of hydrogen-bond acceptors (Lipinski definition) is 11. The number of primary amides is 1. The normalized spacial score (nSPS) is 25.6. The van der Waals surface area contributed by atoms with Crippen molar-refractivity contribution in [3.63, 3.8) is 0 Å². The number of nitrogens with two attached hydrogens (primary N) is 1. The predicted molar refractivity (Wildman–Crippen MR) is 150 cm³/mol. The summed E-state index contributed by atoms with van der Waals surface area (Å²) in [6.45, 7) is 0.176. The van der Waals surface area contributed by atoms with E-state index in [2.05, 4.69) is 10.3 Å². The zero-order valence-corrected chi connectivity index (χ0v) is 23.2. The number of fused-ring (bicyclic) bond motifs is 3. The number of aromatic hydroxyl groups is 1. The van der Waals surface area contributed by atoms with Crippen LogP contribution in [-0.4, -0.2) is 87.6 Å². The van der Waals surface area contributed by atoms with Gasteiger partial charge >= 0.3 is 0 Å². The van der Waals surface area contributed by atoms with Gasteiger partial charge in [-0.15, -0.1) is 0 Å². The maximum Gasteiger partial charge on any atom is 0.255 e. The van der Waals surface area contributed by atoms with Gasteiger partial charge in [-0.3, -0.25) is 24.3 Å². The number of benzene rings is 1. The van der Waals surface area contributed by atoms with Crippen LogP contribution in [0, 0.1) is 11.8 Å². The molecule has 4 atom stereocenters. The number of rotatable bonds is 6. The first-order valence-electron chi connectivity index (χ1n) is 13.1. The Labute approximate surface area is 236 Å². The van der Waals surface area contributed by atoms with E-state index in [0.29, 0.717) is 22.5 Å². The van der Waals surface area contributed by atoms with Gasteiger partial charge in [-0.2, -0.15) is 0 Å². The van der Waals surface area contributed by atoms with Crippen LogP contribution < -0.4 is 16.0 Å². The number of ketones is 2. The Hall–Kier alpha value is -4.42. The summed E-state index contributed by atoms with van der Waals surface area (Å²) in [6, 6.07) is 4.25. The fourth-order valence-electron chi connectivity index (χ4n) is 6.54. The molecule has 1 aromatic carbocycles. The highest BCUT2D eigenvalue weighted by molar-refractivity contribution is 6.24. The summed E-state index contributed by atoms with van der Waals surface area (Å²) in [7, 11) is 6.78. The van der Waals surface area contributed by atoms with Crippen molar-refractivity contribution in [3.8, 4) is 5.75 Å². The highest BCUT2D eigenvalue weighted by Crippen LogP contribution is 2.54. The number of aliphatic hydroxyl groups is 3. The first-order chi connectivity index (χ1) is 19.3. The van der Waals surface area contributed by atoms with Gasteiger partial charge in [0.05, 0.1) is 17.3 Å². The summed E-state index contributed by atoms with van der Waals surface area (Å²) < 4.78 is 0. The highest BCUT2D eigenvalue weighted by atomic mass is 16.3. The number of amides is 1. The minimum atomic E-state index is -2.68. The Morgan fingerprint density at radius 2 is 1.90 bits per heavy atom. The van der Waals surface area contributed by atoms with Crippen LogP contribution in [0.1, 0.15) is 23.1 Å². The van der Waals surface area contributed by atoms with Crippen molar-refractivity contribution in [3.05, 3.63) is 64.2 Å². The number of aromatic nitrogens is 1. The molecule has 12 heteroatoms. The molecule has 1 amide bonds. The first kappa shape index (κ1) is 28.1. The number of carbonyl (C=O) groups is 3. The van der Waals surface area contributed by atoms with Gasteiger partial charge in [0, 0.05) is 55.8 Å². The second-order valence-corrected chi connectivity index (χ2v) is 11.2. The average Bonchev–Trinajstić information content (AvgIpc) is 2.90. The van der Waals surface area contributed by atoms with E-state index >= 15 is 0 Å². The predicted octanol–water partition coefficient (Wildman–Crippen LogP) is 1.04.